The summed E-state index contributed by atoms with van der Waals surface area (Å²) in [6, 6.07) is 13.0. The molecule has 2 aromatic rings. The minimum atomic E-state index is -0.862. The largest absolute Gasteiger partial charge is 0.337 e. The van der Waals surface area contributed by atoms with Crippen LogP contribution in [0, 0.1) is 0 Å². The molecule has 2 aromatic carbocycles. The number of carbonyl (C=O) groups is 4. The van der Waals surface area contributed by atoms with Crippen molar-refractivity contribution >= 4 is 23.6 Å². The van der Waals surface area contributed by atoms with E-state index in [0.29, 0.717) is 29.7 Å². The molecule has 4 rings (SSSR count). The quantitative estimate of drug-likeness (QED) is 0.794. The predicted octanol–water partition coefficient (Wildman–Crippen LogP) is 2.35. The first-order valence-electron chi connectivity index (χ1n) is 9.67. The van der Waals surface area contributed by atoms with Crippen LogP contribution in [0.1, 0.15) is 49.5 Å². The molecule has 1 unspecified atom stereocenters. The molecule has 0 bridgehead atoms. The van der Waals surface area contributed by atoms with Gasteiger partial charge in [0.2, 0.25) is 5.91 Å². The first-order chi connectivity index (χ1) is 14.4. The number of fused-ring (bicyclic) bond motifs is 1. The number of nitrogens with zero attached hydrogens (tertiary/aromatic N) is 2. The molecule has 152 valence electrons. The molecule has 4 amide bonds. The average molecular weight is 403 g/mol. The van der Waals surface area contributed by atoms with Crippen LogP contribution in [-0.2, 0) is 11.3 Å². The SMILES string of the molecule is C=C1CCC(N2C(=O)c3cccc(CN(C)C(=O)c4ccccc4)c3C2=O)C(=O)N1. The smallest absolute Gasteiger partial charge is 0.262 e. The maximum absolute atomic E-state index is 13.2. The second-order valence-corrected chi connectivity index (χ2v) is 7.49. The summed E-state index contributed by atoms with van der Waals surface area (Å²) in [4.78, 5) is 53.7. The van der Waals surface area contributed by atoms with Gasteiger partial charge < -0.3 is 10.2 Å². The van der Waals surface area contributed by atoms with Gasteiger partial charge in [-0.25, -0.2) is 0 Å². The van der Waals surface area contributed by atoms with Gasteiger partial charge in [-0.1, -0.05) is 36.9 Å². The lowest BCUT2D eigenvalue weighted by Crippen LogP contribution is -2.51. The molecule has 7 nitrogen and oxygen atoms in total. The Hall–Kier alpha value is -3.74. The summed E-state index contributed by atoms with van der Waals surface area (Å²) in [6.45, 7) is 3.90. The van der Waals surface area contributed by atoms with Crippen molar-refractivity contribution in [1.29, 1.82) is 0 Å². The van der Waals surface area contributed by atoms with Gasteiger partial charge in [0.25, 0.3) is 17.7 Å². The predicted molar refractivity (Wildman–Crippen MR) is 109 cm³/mol. The fraction of sp³-hybridized carbons (Fsp3) is 0.217. The Morgan fingerprint density at radius 2 is 1.83 bits per heavy atom. The topological polar surface area (TPSA) is 86.8 Å². The molecule has 1 N–H and O–H groups in total. The molecule has 0 aromatic heterocycles. The van der Waals surface area contributed by atoms with Crippen molar-refractivity contribution in [2.45, 2.75) is 25.4 Å². The fourth-order valence-electron chi connectivity index (χ4n) is 3.93. The molecule has 1 saturated heterocycles. The molecule has 0 radical (unpaired) electrons. The van der Waals surface area contributed by atoms with Gasteiger partial charge in [-0.2, -0.15) is 0 Å². The van der Waals surface area contributed by atoms with Crippen molar-refractivity contribution < 1.29 is 19.2 Å². The summed E-state index contributed by atoms with van der Waals surface area (Å²) in [5, 5.41) is 2.62. The third-order valence-electron chi connectivity index (χ3n) is 5.44. The summed E-state index contributed by atoms with van der Waals surface area (Å²) < 4.78 is 0. The molecular formula is C23H21N3O4. The second kappa shape index (κ2) is 7.59. The third-order valence-corrected chi connectivity index (χ3v) is 5.44. The molecule has 0 aliphatic carbocycles. The zero-order chi connectivity index (χ0) is 21.4. The number of nitrogens with one attached hydrogen (secondary N) is 1. The lowest BCUT2D eigenvalue weighted by Gasteiger charge is -2.29. The zero-order valence-corrected chi connectivity index (χ0v) is 16.6. The molecule has 7 heteroatoms. The number of hydrogen-bond donors (Lipinski definition) is 1. The van der Waals surface area contributed by atoms with Crippen molar-refractivity contribution in [2.75, 3.05) is 7.05 Å². The van der Waals surface area contributed by atoms with Crippen molar-refractivity contribution in [3.05, 3.63) is 83.1 Å². The maximum Gasteiger partial charge on any atom is 0.262 e. The monoisotopic (exact) mass is 403 g/mol. The molecule has 0 spiro atoms. The molecular weight excluding hydrogens is 382 g/mol. The number of hydrogen-bond acceptors (Lipinski definition) is 4. The molecule has 2 aliphatic rings. The van der Waals surface area contributed by atoms with Crippen LogP contribution in [0.15, 0.2) is 60.8 Å². The van der Waals surface area contributed by atoms with Gasteiger partial charge in [0, 0.05) is 24.9 Å². The van der Waals surface area contributed by atoms with E-state index in [1.165, 1.54) is 4.90 Å². The summed E-state index contributed by atoms with van der Waals surface area (Å²) in [6.07, 6.45) is 0.850. The van der Waals surface area contributed by atoms with Crippen LogP contribution in [0.5, 0.6) is 0 Å². The normalized spacial score (nSPS) is 18.3. The molecule has 2 heterocycles. The lowest BCUT2D eigenvalue weighted by atomic mass is 10.0. The van der Waals surface area contributed by atoms with Crippen LogP contribution in [0.3, 0.4) is 0 Å². The van der Waals surface area contributed by atoms with Crippen LogP contribution in [0.2, 0.25) is 0 Å². The van der Waals surface area contributed by atoms with Crippen molar-refractivity contribution in [1.82, 2.24) is 15.1 Å². The highest BCUT2D eigenvalue weighted by Crippen LogP contribution is 2.31. The zero-order valence-electron chi connectivity index (χ0n) is 16.6. The highest BCUT2D eigenvalue weighted by Gasteiger charge is 2.44. The number of imide groups is 1. The molecule has 1 atom stereocenters. The van der Waals surface area contributed by atoms with Gasteiger partial charge in [0.05, 0.1) is 11.1 Å². The van der Waals surface area contributed by atoms with Crippen LogP contribution in [0.25, 0.3) is 0 Å². The Labute approximate surface area is 174 Å². The van der Waals surface area contributed by atoms with E-state index in [9.17, 15) is 19.2 Å². The van der Waals surface area contributed by atoms with Crippen LogP contribution in [0.4, 0.5) is 0 Å². The van der Waals surface area contributed by atoms with Gasteiger partial charge in [0.1, 0.15) is 6.04 Å². The summed E-state index contributed by atoms with van der Waals surface area (Å²) in [7, 11) is 1.65. The Balaban J connectivity index is 1.61. The maximum atomic E-state index is 13.2. The van der Waals surface area contributed by atoms with Gasteiger partial charge in [-0.15, -0.1) is 0 Å². The standard InChI is InChI=1S/C23H21N3O4/c1-14-11-12-18(20(27)24-14)26-22(29)17-10-6-9-16(19(17)23(26)30)13-25(2)21(28)15-7-4-3-5-8-15/h3-10,18H,1,11-13H2,2H3,(H,24,27). The number of piperidine rings is 1. The Bertz CT molecular complexity index is 1080. The van der Waals surface area contributed by atoms with E-state index in [4.69, 9.17) is 0 Å². The van der Waals surface area contributed by atoms with Crippen LogP contribution >= 0.6 is 0 Å². The molecule has 2 aliphatic heterocycles. The van der Waals surface area contributed by atoms with Gasteiger partial charge >= 0.3 is 0 Å². The van der Waals surface area contributed by atoms with Crippen LogP contribution in [-0.4, -0.2) is 46.5 Å². The van der Waals surface area contributed by atoms with E-state index in [1.54, 1.807) is 49.5 Å². The van der Waals surface area contributed by atoms with Crippen molar-refractivity contribution in [3.8, 4) is 0 Å². The summed E-state index contributed by atoms with van der Waals surface area (Å²) >= 11 is 0. The average Bonchev–Trinajstić information content (AvgIpc) is 2.99. The van der Waals surface area contributed by atoms with E-state index in [-0.39, 0.29) is 23.6 Å². The Morgan fingerprint density at radius 3 is 2.53 bits per heavy atom. The summed E-state index contributed by atoms with van der Waals surface area (Å²) in [5.74, 6) is -1.58. The van der Waals surface area contributed by atoms with E-state index in [0.717, 1.165) is 4.90 Å². The number of allylic oxidation sites excluding steroid dienone is 1. The number of carbonyl (C=O) groups excluding carboxylic acids is 4. The lowest BCUT2D eigenvalue weighted by molar-refractivity contribution is -0.125. The number of rotatable bonds is 4. The van der Waals surface area contributed by atoms with E-state index in [2.05, 4.69) is 11.9 Å². The third kappa shape index (κ3) is 3.28. The minimum Gasteiger partial charge on any atom is -0.337 e. The van der Waals surface area contributed by atoms with E-state index in [1.807, 2.05) is 6.07 Å². The number of amides is 4. The van der Waals surface area contributed by atoms with Crippen LogP contribution < -0.4 is 5.32 Å². The van der Waals surface area contributed by atoms with Gasteiger partial charge in [-0.3, -0.25) is 24.1 Å². The highest BCUT2D eigenvalue weighted by molar-refractivity contribution is 6.23. The van der Waals surface area contributed by atoms with Crippen molar-refractivity contribution in [3.63, 3.8) is 0 Å². The highest BCUT2D eigenvalue weighted by atomic mass is 16.2. The van der Waals surface area contributed by atoms with E-state index >= 15 is 0 Å². The minimum absolute atomic E-state index is 0.164. The number of benzene rings is 2. The molecule has 1 fully saturated rings. The van der Waals surface area contributed by atoms with Gasteiger partial charge in [0.15, 0.2) is 0 Å². The van der Waals surface area contributed by atoms with E-state index < -0.39 is 23.8 Å². The van der Waals surface area contributed by atoms with Gasteiger partial charge in [-0.05, 0) is 36.6 Å². The fourth-order valence-corrected chi connectivity index (χ4v) is 3.93. The first-order valence-corrected chi connectivity index (χ1v) is 9.67. The Kier molecular flexibility index (Phi) is 4.95. The summed E-state index contributed by atoms with van der Waals surface area (Å²) in [5.41, 5.74) is 2.20. The van der Waals surface area contributed by atoms with Crippen molar-refractivity contribution in [2.24, 2.45) is 0 Å². The Morgan fingerprint density at radius 1 is 1.10 bits per heavy atom. The second-order valence-electron chi connectivity index (χ2n) is 7.49. The molecule has 0 saturated carbocycles. The molecule has 30 heavy (non-hydrogen) atoms. The first kappa shape index (κ1) is 19.6.